The number of benzene rings is 1. The van der Waals surface area contributed by atoms with Gasteiger partial charge in [-0.2, -0.15) is 10.4 Å². The minimum absolute atomic E-state index is 0.0191. The number of furan rings is 1. The van der Waals surface area contributed by atoms with E-state index >= 15 is 0 Å². The van der Waals surface area contributed by atoms with Crippen molar-refractivity contribution >= 4 is 40.0 Å². The van der Waals surface area contributed by atoms with E-state index in [1.165, 1.54) is 37.6 Å². The molecular weight excluding hydrogens is 552 g/mol. The number of carboxylic acid groups (broad SMARTS) is 2. The summed E-state index contributed by atoms with van der Waals surface area (Å²) in [4.78, 5) is 39.0. The number of hydrazone groups is 1. The summed E-state index contributed by atoms with van der Waals surface area (Å²) in [5, 5.41) is 31.7. The van der Waals surface area contributed by atoms with Gasteiger partial charge in [-0.15, -0.1) is 0 Å². The standard InChI is InChI=1S/C24H19BrN4O8/c1-12-21(25)18(10-35-2)17(8-26)22(28-12)36-11-20(30)29-27-9-16-3-4-19(37-16)13-5-14(23(31)32)7-15(6-13)24(33)34/h3-7,9H,10-11H2,1-2H3,(H,29,30)(H,31,32)(H,33,34)/b27-9-. The van der Waals surface area contributed by atoms with Crippen LogP contribution in [0.5, 0.6) is 5.88 Å². The lowest BCUT2D eigenvalue weighted by Crippen LogP contribution is -2.25. The summed E-state index contributed by atoms with van der Waals surface area (Å²) in [5.41, 5.74) is 3.30. The average Bonchev–Trinajstić information content (AvgIpc) is 3.34. The van der Waals surface area contributed by atoms with Crippen LogP contribution in [0, 0.1) is 18.3 Å². The highest BCUT2D eigenvalue weighted by molar-refractivity contribution is 9.10. The molecule has 0 unspecified atom stereocenters. The Morgan fingerprint density at radius 2 is 1.89 bits per heavy atom. The van der Waals surface area contributed by atoms with Crippen LogP contribution in [-0.4, -0.2) is 53.0 Å². The van der Waals surface area contributed by atoms with Gasteiger partial charge in [-0.05, 0) is 53.2 Å². The van der Waals surface area contributed by atoms with E-state index < -0.39 is 24.5 Å². The zero-order chi connectivity index (χ0) is 27.1. The normalized spacial score (nSPS) is 10.8. The number of aromatic carboxylic acids is 2. The van der Waals surface area contributed by atoms with Crippen molar-refractivity contribution in [1.82, 2.24) is 10.4 Å². The van der Waals surface area contributed by atoms with E-state index in [-0.39, 0.29) is 46.3 Å². The maximum Gasteiger partial charge on any atom is 0.335 e. The molecule has 2 aromatic heterocycles. The molecule has 0 aliphatic rings. The summed E-state index contributed by atoms with van der Waals surface area (Å²) in [5.74, 6) is -2.82. The Morgan fingerprint density at radius 3 is 2.49 bits per heavy atom. The monoisotopic (exact) mass is 570 g/mol. The number of halogens is 1. The second kappa shape index (κ2) is 11.9. The van der Waals surface area contributed by atoms with Crippen molar-refractivity contribution in [2.24, 2.45) is 5.10 Å². The molecule has 0 aliphatic carbocycles. The number of carbonyl (C=O) groups excluding carboxylic acids is 1. The molecule has 0 spiro atoms. The number of aryl methyl sites for hydroxylation is 1. The number of nitrogens with zero attached hydrogens (tertiary/aromatic N) is 3. The first kappa shape index (κ1) is 27.1. The van der Waals surface area contributed by atoms with Gasteiger partial charge in [-0.1, -0.05) is 0 Å². The predicted octanol–water partition coefficient (Wildman–Crippen LogP) is 3.36. The van der Waals surface area contributed by atoms with Gasteiger partial charge in [0.1, 0.15) is 23.2 Å². The number of hydrogen-bond donors (Lipinski definition) is 3. The van der Waals surface area contributed by atoms with Crippen molar-refractivity contribution in [1.29, 1.82) is 5.26 Å². The minimum Gasteiger partial charge on any atom is -0.478 e. The molecule has 12 nitrogen and oxygen atoms in total. The highest BCUT2D eigenvalue weighted by Crippen LogP contribution is 2.30. The smallest absolute Gasteiger partial charge is 0.335 e. The summed E-state index contributed by atoms with van der Waals surface area (Å²) in [6.07, 6.45) is 1.19. The average molecular weight is 571 g/mol. The summed E-state index contributed by atoms with van der Waals surface area (Å²) in [6.45, 7) is 1.37. The maximum absolute atomic E-state index is 12.2. The van der Waals surface area contributed by atoms with Gasteiger partial charge < -0.3 is 24.1 Å². The topological polar surface area (TPSA) is 184 Å². The molecule has 0 aliphatic heterocycles. The zero-order valence-corrected chi connectivity index (χ0v) is 21.0. The molecule has 37 heavy (non-hydrogen) atoms. The molecule has 0 saturated carbocycles. The molecule has 0 fully saturated rings. The number of pyridine rings is 1. The minimum atomic E-state index is -1.28. The number of carbonyl (C=O) groups is 3. The van der Waals surface area contributed by atoms with E-state index in [2.05, 4.69) is 31.4 Å². The quantitative estimate of drug-likeness (QED) is 0.241. The molecule has 1 amide bonds. The predicted molar refractivity (Wildman–Crippen MR) is 131 cm³/mol. The fraction of sp³-hybridized carbons (Fsp3) is 0.167. The molecule has 3 rings (SSSR count). The van der Waals surface area contributed by atoms with Crippen LogP contribution < -0.4 is 10.2 Å². The fourth-order valence-electron chi connectivity index (χ4n) is 3.14. The largest absolute Gasteiger partial charge is 0.478 e. The number of carboxylic acids is 2. The molecular formula is C24H19BrN4O8. The van der Waals surface area contributed by atoms with Gasteiger partial charge in [-0.3, -0.25) is 4.79 Å². The Kier molecular flexibility index (Phi) is 8.72. The summed E-state index contributed by atoms with van der Waals surface area (Å²) < 4.78 is 16.7. The lowest BCUT2D eigenvalue weighted by Gasteiger charge is -2.13. The van der Waals surface area contributed by atoms with Gasteiger partial charge in [0.2, 0.25) is 5.88 Å². The SMILES string of the molecule is COCc1c(Br)c(C)nc(OCC(=O)N/N=C\c2ccc(-c3cc(C(=O)O)cc(C(=O)O)c3)o2)c1C#N. The van der Waals surface area contributed by atoms with Crippen LogP contribution in [0.15, 0.2) is 44.3 Å². The van der Waals surface area contributed by atoms with Crippen molar-refractivity contribution < 1.29 is 38.5 Å². The fourth-order valence-corrected chi connectivity index (χ4v) is 3.54. The van der Waals surface area contributed by atoms with Crippen molar-refractivity contribution in [2.45, 2.75) is 13.5 Å². The Bertz CT molecular complexity index is 1410. The van der Waals surface area contributed by atoms with E-state index in [1.807, 2.05) is 6.07 Å². The molecule has 0 bridgehead atoms. The lowest BCUT2D eigenvalue weighted by molar-refractivity contribution is -0.123. The van der Waals surface area contributed by atoms with Gasteiger partial charge in [0, 0.05) is 22.7 Å². The molecule has 0 atom stereocenters. The molecule has 190 valence electrons. The number of ether oxygens (including phenoxy) is 2. The number of nitrogens with one attached hydrogen (secondary N) is 1. The highest BCUT2D eigenvalue weighted by atomic mass is 79.9. The van der Waals surface area contributed by atoms with E-state index in [9.17, 15) is 29.9 Å². The van der Waals surface area contributed by atoms with Gasteiger partial charge in [0.05, 0.1) is 29.6 Å². The number of nitriles is 1. The summed E-state index contributed by atoms with van der Waals surface area (Å²) in [6, 6.07) is 8.60. The molecule has 0 radical (unpaired) electrons. The number of amides is 1. The van der Waals surface area contributed by atoms with Gasteiger partial charge in [0.25, 0.3) is 5.91 Å². The number of hydrogen-bond acceptors (Lipinski definition) is 9. The van der Waals surface area contributed by atoms with Crippen molar-refractivity contribution in [2.75, 3.05) is 13.7 Å². The van der Waals surface area contributed by atoms with Crippen LogP contribution in [0.3, 0.4) is 0 Å². The van der Waals surface area contributed by atoms with Crippen LogP contribution in [0.25, 0.3) is 11.3 Å². The third-order valence-electron chi connectivity index (χ3n) is 4.83. The first-order valence-electron chi connectivity index (χ1n) is 10.4. The van der Waals surface area contributed by atoms with Crippen LogP contribution >= 0.6 is 15.9 Å². The van der Waals surface area contributed by atoms with Crippen LogP contribution in [0.1, 0.15) is 43.3 Å². The van der Waals surface area contributed by atoms with E-state index in [0.29, 0.717) is 15.7 Å². The molecule has 0 saturated heterocycles. The first-order valence-corrected chi connectivity index (χ1v) is 11.2. The van der Waals surface area contributed by atoms with E-state index in [1.54, 1.807) is 6.92 Å². The third-order valence-corrected chi connectivity index (χ3v) is 5.88. The number of rotatable bonds is 10. The van der Waals surface area contributed by atoms with Gasteiger partial charge in [-0.25, -0.2) is 20.0 Å². The Hall–Kier alpha value is -4.54. The van der Waals surface area contributed by atoms with Crippen molar-refractivity contribution in [3.8, 4) is 23.3 Å². The second-order valence-corrected chi connectivity index (χ2v) is 8.20. The second-order valence-electron chi connectivity index (χ2n) is 7.41. The Labute approximate surface area is 218 Å². The van der Waals surface area contributed by atoms with Gasteiger partial charge >= 0.3 is 11.9 Å². The lowest BCUT2D eigenvalue weighted by atomic mass is 10.0. The molecule has 13 heteroatoms. The first-order chi connectivity index (χ1) is 17.6. The highest BCUT2D eigenvalue weighted by Gasteiger charge is 2.19. The summed E-state index contributed by atoms with van der Waals surface area (Å²) >= 11 is 3.37. The molecule has 1 aromatic carbocycles. The van der Waals surface area contributed by atoms with Crippen LogP contribution in [0.4, 0.5) is 0 Å². The van der Waals surface area contributed by atoms with Crippen molar-refractivity contribution in [3.63, 3.8) is 0 Å². The van der Waals surface area contributed by atoms with Crippen LogP contribution in [-0.2, 0) is 16.1 Å². The Balaban J connectivity index is 1.67. The number of aromatic nitrogens is 1. The van der Waals surface area contributed by atoms with Crippen molar-refractivity contribution in [3.05, 3.63) is 68.5 Å². The van der Waals surface area contributed by atoms with E-state index in [0.717, 1.165) is 6.07 Å². The van der Waals surface area contributed by atoms with Gasteiger partial charge in [0.15, 0.2) is 6.61 Å². The maximum atomic E-state index is 12.2. The molecule has 2 heterocycles. The third kappa shape index (κ3) is 6.57. The number of methoxy groups -OCH3 is 1. The zero-order valence-electron chi connectivity index (χ0n) is 19.4. The Morgan fingerprint density at radius 1 is 1.22 bits per heavy atom. The molecule has 3 N–H and O–H groups in total. The van der Waals surface area contributed by atoms with Crippen LogP contribution in [0.2, 0.25) is 0 Å². The summed E-state index contributed by atoms with van der Waals surface area (Å²) in [7, 11) is 1.48. The molecule has 3 aromatic rings. The van der Waals surface area contributed by atoms with E-state index in [4.69, 9.17) is 13.9 Å².